The van der Waals surface area contributed by atoms with Crippen LogP contribution in [0.25, 0.3) is 0 Å². The van der Waals surface area contributed by atoms with E-state index in [0.29, 0.717) is 19.5 Å². The molecule has 0 radical (unpaired) electrons. The predicted molar refractivity (Wildman–Crippen MR) is 58.6 cm³/mol. The van der Waals surface area contributed by atoms with E-state index in [2.05, 4.69) is 15.6 Å². The van der Waals surface area contributed by atoms with Crippen LogP contribution in [0.15, 0.2) is 6.20 Å². The molecule has 3 N–H and O–H groups in total. The molecule has 1 atom stereocenters. The number of carbonyl (C=O) groups excluding carboxylic acids is 1. The normalized spacial score (nSPS) is 20.1. The Morgan fingerprint density at radius 1 is 1.62 bits per heavy atom. The molecule has 0 aliphatic carbocycles. The molecular weight excluding hydrogens is 206 g/mol. The second kappa shape index (κ2) is 5.07. The number of nitrogens with zero attached hydrogens (tertiary/aromatic N) is 3. The fraction of sp³-hybridized carbons (Fsp3) is 0.700. The second-order valence-corrected chi connectivity index (χ2v) is 4.13. The van der Waals surface area contributed by atoms with Crippen LogP contribution in [0.2, 0.25) is 0 Å². The molecule has 1 amide bonds. The Kier molecular flexibility index (Phi) is 3.51. The monoisotopic (exact) mass is 223 g/mol. The van der Waals surface area contributed by atoms with Crippen molar-refractivity contribution in [3.05, 3.63) is 11.9 Å². The number of nitrogens with one attached hydrogen (secondary N) is 1. The minimum absolute atomic E-state index is 0.133. The topological polar surface area (TPSA) is 85.8 Å². The van der Waals surface area contributed by atoms with E-state index < -0.39 is 0 Å². The Balaban J connectivity index is 1.85. The van der Waals surface area contributed by atoms with Gasteiger partial charge in [-0.3, -0.25) is 9.48 Å². The van der Waals surface area contributed by atoms with Gasteiger partial charge in [0.25, 0.3) is 0 Å². The molecule has 0 bridgehead atoms. The van der Waals surface area contributed by atoms with Gasteiger partial charge in [0.1, 0.15) is 0 Å². The first kappa shape index (κ1) is 11.1. The number of carbonyl (C=O) groups is 1. The molecule has 2 heterocycles. The van der Waals surface area contributed by atoms with E-state index in [9.17, 15) is 4.79 Å². The van der Waals surface area contributed by atoms with E-state index in [1.54, 1.807) is 4.68 Å². The standard InChI is InChI=1S/C10H17N5O/c11-5-1-2-9-7-15(14-13-9)6-8-3-4-10(16)12-8/h7-8H,1-6,11H2,(H,12,16). The predicted octanol–water partition coefficient (Wildman–Crippen LogP) is -0.552. The molecule has 2 rings (SSSR count). The maximum atomic E-state index is 11.0. The maximum absolute atomic E-state index is 11.0. The Labute approximate surface area is 94.2 Å². The fourth-order valence-electron chi connectivity index (χ4n) is 1.87. The average Bonchev–Trinajstić information content (AvgIpc) is 2.86. The van der Waals surface area contributed by atoms with Gasteiger partial charge in [0, 0.05) is 18.7 Å². The summed E-state index contributed by atoms with van der Waals surface area (Å²) >= 11 is 0. The van der Waals surface area contributed by atoms with Gasteiger partial charge in [-0.1, -0.05) is 5.21 Å². The summed E-state index contributed by atoms with van der Waals surface area (Å²) < 4.78 is 1.79. The Morgan fingerprint density at radius 2 is 2.50 bits per heavy atom. The highest BCUT2D eigenvalue weighted by Crippen LogP contribution is 2.08. The van der Waals surface area contributed by atoms with Crippen molar-refractivity contribution in [2.45, 2.75) is 38.3 Å². The third kappa shape index (κ3) is 2.79. The molecule has 1 fully saturated rings. The molecule has 1 aromatic rings. The van der Waals surface area contributed by atoms with Crippen molar-refractivity contribution in [1.82, 2.24) is 20.3 Å². The lowest BCUT2D eigenvalue weighted by Gasteiger charge is -2.08. The first-order valence-electron chi connectivity index (χ1n) is 5.66. The zero-order valence-electron chi connectivity index (χ0n) is 9.22. The van der Waals surface area contributed by atoms with E-state index >= 15 is 0 Å². The number of nitrogens with two attached hydrogens (primary N) is 1. The zero-order valence-corrected chi connectivity index (χ0v) is 9.22. The van der Waals surface area contributed by atoms with Crippen LogP contribution in [0.4, 0.5) is 0 Å². The van der Waals surface area contributed by atoms with Crippen molar-refractivity contribution in [1.29, 1.82) is 0 Å². The van der Waals surface area contributed by atoms with Crippen LogP contribution >= 0.6 is 0 Å². The van der Waals surface area contributed by atoms with Gasteiger partial charge >= 0.3 is 0 Å². The van der Waals surface area contributed by atoms with Gasteiger partial charge in [0.05, 0.1) is 12.2 Å². The van der Waals surface area contributed by atoms with Crippen LogP contribution in [0, 0.1) is 0 Å². The summed E-state index contributed by atoms with van der Waals surface area (Å²) in [4.78, 5) is 11.0. The highest BCUT2D eigenvalue weighted by molar-refractivity contribution is 5.78. The van der Waals surface area contributed by atoms with Crippen molar-refractivity contribution in [3.63, 3.8) is 0 Å². The molecule has 6 heteroatoms. The molecule has 0 saturated carbocycles. The fourth-order valence-corrected chi connectivity index (χ4v) is 1.87. The number of hydrogen-bond donors (Lipinski definition) is 2. The van der Waals surface area contributed by atoms with Crippen LogP contribution in [0.1, 0.15) is 25.0 Å². The van der Waals surface area contributed by atoms with Gasteiger partial charge in [-0.25, -0.2) is 0 Å². The third-order valence-corrected chi connectivity index (χ3v) is 2.72. The molecule has 0 aromatic carbocycles. The first-order valence-corrected chi connectivity index (χ1v) is 5.66. The summed E-state index contributed by atoms with van der Waals surface area (Å²) in [7, 11) is 0. The van der Waals surface area contributed by atoms with Crippen LogP contribution < -0.4 is 11.1 Å². The SMILES string of the molecule is NCCCc1cn(CC2CCC(=O)N2)nn1. The van der Waals surface area contributed by atoms with Crippen molar-refractivity contribution >= 4 is 5.91 Å². The summed E-state index contributed by atoms with van der Waals surface area (Å²) in [5.74, 6) is 0.133. The molecule has 1 unspecified atom stereocenters. The first-order chi connectivity index (χ1) is 7.78. The average molecular weight is 223 g/mol. The van der Waals surface area contributed by atoms with Gasteiger partial charge in [-0.15, -0.1) is 5.10 Å². The number of aryl methyl sites for hydroxylation is 1. The third-order valence-electron chi connectivity index (χ3n) is 2.72. The van der Waals surface area contributed by atoms with E-state index in [0.717, 1.165) is 25.0 Å². The molecule has 1 aromatic heterocycles. The van der Waals surface area contributed by atoms with E-state index in [-0.39, 0.29) is 11.9 Å². The zero-order chi connectivity index (χ0) is 11.4. The molecular formula is C10H17N5O. The molecule has 0 spiro atoms. The summed E-state index contributed by atoms with van der Waals surface area (Å²) in [5, 5.41) is 11.0. The van der Waals surface area contributed by atoms with E-state index in [1.165, 1.54) is 0 Å². The number of rotatable bonds is 5. The minimum Gasteiger partial charge on any atom is -0.351 e. The highest BCUT2D eigenvalue weighted by Gasteiger charge is 2.21. The van der Waals surface area contributed by atoms with Crippen molar-refractivity contribution in [2.24, 2.45) is 5.73 Å². The lowest BCUT2D eigenvalue weighted by Crippen LogP contribution is -2.29. The van der Waals surface area contributed by atoms with Crippen molar-refractivity contribution in [3.8, 4) is 0 Å². The molecule has 1 saturated heterocycles. The summed E-state index contributed by atoms with van der Waals surface area (Å²) in [5.41, 5.74) is 6.40. The summed E-state index contributed by atoms with van der Waals surface area (Å²) in [6.07, 6.45) is 5.24. The Morgan fingerprint density at radius 3 is 3.19 bits per heavy atom. The molecule has 1 aliphatic heterocycles. The van der Waals surface area contributed by atoms with Crippen LogP contribution in [0.3, 0.4) is 0 Å². The van der Waals surface area contributed by atoms with Gasteiger partial charge in [0.15, 0.2) is 0 Å². The number of amides is 1. The van der Waals surface area contributed by atoms with Gasteiger partial charge in [-0.2, -0.15) is 0 Å². The van der Waals surface area contributed by atoms with E-state index in [1.807, 2.05) is 6.20 Å². The summed E-state index contributed by atoms with van der Waals surface area (Å²) in [6, 6.07) is 0.205. The van der Waals surface area contributed by atoms with E-state index in [4.69, 9.17) is 5.73 Å². The van der Waals surface area contributed by atoms with Crippen molar-refractivity contribution in [2.75, 3.05) is 6.54 Å². The van der Waals surface area contributed by atoms with Crippen LogP contribution in [0.5, 0.6) is 0 Å². The second-order valence-electron chi connectivity index (χ2n) is 4.13. The highest BCUT2D eigenvalue weighted by atomic mass is 16.1. The maximum Gasteiger partial charge on any atom is 0.220 e. The smallest absolute Gasteiger partial charge is 0.220 e. The largest absolute Gasteiger partial charge is 0.351 e. The van der Waals surface area contributed by atoms with Crippen LogP contribution in [-0.4, -0.2) is 33.5 Å². The number of aromatic nitrogens is 3. The quantitative estimate of drug-likeness (QED) is 0.701. The molecule has 88 valence electrons. The lowest BCUT2D eigenvalue weighted by molar-refractivity contribution is -0.119. The Bertz CT molecular complexity index is 362. The van der Waals surface area contributed by atoms with Gasteiger partial charge in [-0.05, 0) is 25.8 Å². The molecule has 16 heavy (non-hydrogen) atoms. The number of hydrogen-bond acceptors (Lipinski definition) is 4. The van der Waals surface area contributed by atoms with Gasteiger partial charge in [0.2, 0.25) is 5.91 Å². The molecule has 1 aliphatic rings. The summed E-state index contributed by atoms with van der Waals surface area (Å²) in [6.45, 7) is 1.38. The van der Waals surface area contributed by atoms with Crippen LogP contribution in [-0.2, 0) is 17.8 Å². The van der Waals surface area contributed by atoms with Gasteiger partial charge < -0.3 is 11.1 Å². The minimum atomic E-state index is 0.133. The molecule has 6 nitrogen and oxygen atoms in total. The Hall–Kier alpha value is -1.43. The van der Waals surface area contributed by atoms with Crippen molar-refractivity contribution < 1.29 is 4.79 Å². The lowest BCUT2D eigenvalue weighted by atomic mass is 10.2.